The van der Waals surface area contributed by atoms with E-state index in [1.54, 1.807) is 11.0 Å². The van der Waals surface area contributed by atoms with Gasteiger partial charge in [0.05, 0.1) is 5.92 Å². The highest BCUT2D eigenvalue weighted by molar-refractivity contribution is 6.30. The van der Waals surface area contributed by atoms with Gasteiger partial charge in [-0.1, -0.05) is 37.6 Å². The van der Waals surface area contributed by atoms with E-state index < -0.39 is 11.9 Å². The van der Waals surface area contributed by atoms with Crippen molar-refractivity contribution in [2.75, 3.05) is 13.1 Å². The summed E-state index contributed by atoms with van der Waals surface area (Å²) in [6, 6.07) is 7.48. The van der Waals surface area contributed by atoms with Crippen LogP contribution in [0.15, 0.2) is 24.3 Å². The maximum atomic E-state index is 12.4. The SMILES string of the molecule is CC(Cc1cccc(Cl)c1)C(=O)N1C[C@@H](C)[C@H](C(=O)O)C1. The van der Waals surface area contributed by atoms with Gasteiger partial charge in [0.1, 0.15) is 0 Å². The second kappa shape index (κ2) is 6.48. The minimum absolute atomic E-state index is 0.00446. The number of carboxylic acid groups (broad SMARTS) is 1. The fourth-order valence-electron chi connectivity index (χ4n) is 2.88. The van der Waals surface area contributed by atoms with Crippen LogP contribution in [-0.2, 0) is 16.0 Å². The van der Waals surface area contributed by atoms with Crippen LogP contribution in [0.4, 0.5) is 0 Å². The largest absolute Gasteiger partial charge is 0.481 e. The van der Waals surface area contributed by atoms with Crippen LogP contribution in [0.5, 0.6) is 0 Å². The van der Waals surface area contributed by atoms with Crippen LogP contribution in [-0.4, -0.2) is 35.0 Å². The number of hydrogen-bond donors (Lipinski definition) is 1. The molecule has 0 spiro atoms. The van der Waals surface area contributed by atoms with Crippen LogP contribution in [0.25, 0.3) is 0 Å². The molecule has 114 valence electrons. The quantitative estimate of drug-likeness (QED) is 0.930. The lowest BCUT2D eigenvalue weighted by Gasteiger charge is -2.21. The fraction of sp³-hybridized carbons (Fsp3) is 0.500. The van der Waals surface area contributed by atoms with Gasteiger partial charge in [0.25, 0.3) is 0 Å². The van der Waals surface area contributed by atoms with E-state index in [2.05, 4.69) is 0 Å². The molecule has 1 aliphatic rings. The molecule has 1 aromatic carbocycles. The number of hydrogen-bond acceptors (Lipinski definition) is 2. The third-order valence-electron chi connectivity index (χ3n) is 4.09. The Labute approximate surface area is 129 Å². The van der Waals surface area contributed by atoms with Gasteiger partial charge in [-0.05, 0) is 30.0 Å². The van der Waals surface area contributed by atoms with Crippen LogP contribution >= 0.6 is 11.6 Å². The summed E-state index contributed by atoms with van der Waals surface area (Å²) < 4.78 is 0. The monoisotopic (exact) mass is 309 g/mol. The molecule has 1 N–H and O–H groups in total. The first-order chi connectivity index (χ1) is 9.88. The van der Waals surface area contributed by atoms with Crippen molar-refractivity contribution in [1.82, 2.24) is 4.90 Å². The molecule has 1 aromatic rings. The Morgan fingerprint density at radius 2 is 2.14 bits per heavy atom. The standard InChI is InChI=1S/C16H20ClNO3/c1-10(6-12-4-3-5-13(17)7-12)15(19)18-8-11(2)14(9-18)16(20)21/h3-5,7,10-11,14H,6,8-9H2,1-2H3,(H,20,21)/t10?,11-,14-/m1/s1. The maximum absolute atomic E-state index is 12.4. The smallest absolute Gasteiger partial charge is 0.308 e. The Bertz CT molecular complexity index is 546. The van der Waals surface area contributed by atoms with Gasteiger partial charge in [-0.15, -0.1) is 0 Å². The predicted molar refractivity (Wildman–Crippen MR) is 81.2 cm³/mol. The zero-order valence-corrected chi connectivity index (χ0v) is 13.0. The first-order valence-corrected chi connectivity index (χ1v) is 7.52. The van der Waals surface area contributed by atoms with E-state index >= 15 is 0 Å². The van der Waals surface area contributed by atoms with Crippen molar-refractivity contribution in [1.29, 1.82) is 0 Å². The van der Waals surface area contributed by atoms with E-state index in [0.717, 1.165) is 5.56 Å². The van der Waals surface area contributed by atoms with Gasteiger partial charge in [0.2, 0.25) is 5.91 Å². The fourth-order valence-corrected chi connectivity index (χ4v) is 3.10. The van der Waals surface area contributed by atoms with Crippen molar-refractivity contribution in [3.05, 3.63) is 34.9 Å². The zero-order valence-electron chi connectivity index (χ0n) is 12.3. The lowest BCUT2D eigenvalue weighted by Crippen LogP contribution is -2.35. The van der Waals surface area contributed by atoms with Crippen molar-refractivity contribution < 1.29 is 14.7 Å². The number of rotatable bonds is 4. The number of nitrogens with zero attached hydrogens (tertiary/aromatic N) is 1. The number of carbonyl (C=O) groups is 2. The molecule has 3 atom stereocenters. The molecule has 21 heavy (non-hydrogen) atoms. The van der Waals surface area contributed by atoms with Crippen molar-refractivity contribution in [2.24, 2.45) is 17.8 Å². The first-order valence-electron chi connectivity index (χ1n) is 7.14. The summed E-state index contributed by atoms with van der Waals surface area (Å²) in [7, 11) is 0. The summed E-state index contributed by atoms with van der Waals surface area (Å²) in [6.07, 6.45) is 0.613. The molecular formula is C16H20ClNO3. The second-order valence-electron chi connectivity index (χ2n) is 5.90. The Morgan fingerprint density at radius 1 is 1.43 bits per heavy atom. The molecule has 0 bridgehead atoms. The van der Waals surface area contributed by atoms with Crippen molar-refractivity contribution in [2.45, 2.75) is 20.3 Å². The van der Waals surface area contributed by atoms with E-state index in [1.807, 2.05) is 32.0 Å². The Kier molecular flexibility index (Phi) is 4.88. The number of carbonyl (C=O) groups excluding carboxylic acids is 1. The lowest BCUT2D eigenvalue weighted by molar-refractivity contribution is -0.142. The number of carboxylic acids is 1. The predicted octanol–water partition coefficient (Wildman–Crippen LogP) is 2.70. The number of likely N-dealkylation sites (tertiary alicyclic amines) is 1. The normalized spacial score (nSPS) is 23.1. The van der Waals surface area contributed by atoms with E-state index in [4.69, 9.17) is 16.7 Å². The summed E-state index contributed by atoms with van der Waals surface area (Å²) in [5, 5.41) is 9.80. The van der Waals surface area contributed by atoms with Gasteiger partial charge in [-0.25, -0.2) is 0 Å². The Hall–Kier alpha value is -1.55. The molecule has 0 radical (unpaired) electrons. The summed E-state index contributed by atoms with van der Waals surface area (Å²) in [6.45, 7) is 4.60. The van der Waals surface area contributed by atoms with Gasteiger partial charge < -0.3 is 10.0 Å². The number of halogens is 1. The van der Waals surface area contributed by atoms with Crippen LogP contribution in [0.2, 0.25) is 5.02 Å². The highest BCUT2D eigenvalue weighted by Gasteiger charge is 2.37. The Morgan fingerprint density at radius 3 is 2.71 bits per heavy atom. The van der Waals surface area contributed by atoms with Gasteiger partial charge in [0, 0.05) is 24.0 Å². The molecule has 0 aliphatic carbocycles. The summed E-state index contributed by atoms with van der Waals surface area (Å²) in [4.78, 5) is 25.3. The number of aliphatic carboxylic acids is 1. The van der Waals surface area contributed by atoms with E-state index in [1.165, 1.54) is 0 Å². The summed E-state index contributed by atoms with van der Waals surface area (Å²) in [5.41, 5.74) is 1.02. The average Bonchev–Trinajstić information content (AvgIpc) is 2.80. The third-order valence-corrected chi connectivity index (χ3v) is 4.33. The van der Waals surface area contributed by atoms with E-state index in [9.17, 15) is 9.59 Å². The maximum Gasteiger partial charge on any atom is 0.308 e. The van der Waals surface area contributed by atoms with Gasteiger partial charge in [-0.3, -0.25) is 9.59 Å². The molecule has 0 aromatic heterocycles. The molecule has 0 saturated carbocycles. The number of amides is 1. The molecule has 1 amide bonds. The highest BCUT2D eigenvalue weighted by Crippen LogP contribution is 2.25. The summed E-state index contributed by atoms with van der Waals surface area (Å²) in [5.74, 6) is -1.42. The Balaban J connectivity index is 1.99. The van der Waals surface area contributed by atoms with Crippen molar-refractivity contribution in [3.63, 3.8) is 0 Å². The average molecular weight is 310 g/mol. The second-order valence-corrected chi connectivity index (χ2v) is 6.34. The molecule has 1 unspecified atom stereocenters. The van der Waals surface area contributed by atoms with Crippen molar-refractivity contribution >= 4 is 23.5 Å². The first kappa shape index (κ1) is 15.8. The number of benzene rings is 1. The van der Waals surface area contributed by atoms with Gasteiger partial charge in [-0.2, -0.15) is 0 Å². The molecular weight excluding hydrogens is 290 g/mol. The van der Waals surface area contributed by atoms with Gasteiger partial charge >= 0.3 is 5.97 Å². The topological polar surface area (TPSA) is 57.6 Å². The van der Waals surface area contributed by atoms with Crippen LogP contribution in [0.1, 0.15) is 19.4 Å². The van der Waals surface area contributed by atoms with Gasteiger partial charge in [0.15, 0.2) is 0 Å². The molecule has 1 heterocycles. The molecule has 5 heteroatoms. The van der Waals surface area contributed by atoms with Crippen LogP contribution < -0.4 is 0 Å². The molecule has 2 rings (SSSR count). The molecule has 1 saturated heterocycles. The lowest BCUT2D eigenvalue weighted by atomic mass is 9.99. The van der Waals surface area contributed by atoms with Crippen LogP contribution in [0, 0.1) is 17.8 Å². The minimum Gasteiger partial charge on any atom is -0.481 e. The molecule has 1 aliphatic heterocycles. The summed E-state index contributed by atoms with van der Waals surface area (Å²) >= 11 is 5.95. The van der Waals surface area contributed by atoms with E-state index in [0.29, 0.717) is 24.5 Å². The minimum atomic E-state index is -0.819. The third kappa shape index (κ3) is 3.76. The highest BCUT2D eigenvalue weighted by atomic mass is 35.5. The zero-order chi connectivity index (χ0) is 15.6. The molecule has 1 fully saturated rings. The van der Waals surface area contributed by atoms with Crippen LogP contribution in [0.3, 0.4) is 0 Å². The van der Waals surface area contributed by atoms with Crippen molar-refractivity contribution in [3.8, 4) is 0 Å². The molecule has 4 nitrogen and oxygen atoms in total. The van der Waals surface area contributed by atoms with E-state index in [-0.39, 0.29) is 17.7 Å².